The van der Waals surface area contributed by atoms with Gasteiger partial charge in [0.05, 0.1) is 11.5 Å². The quantitative estimate of drug-likeness (QED) is 0.430. The molecule has 0 spiro atoms. The van der Waals surface area contributed by atoms with E-state index in [1.54, 1.807) is 24.3 Å². The first-order valence-electron chi connectivity index (χ1n) is 9.26. The molecule has 156 valence electrons. The van der Waals surface area contributed by atoms with Crippen LogP contribution in [0.3, 0.4) is 0 Å². The van der Waals surface area contributed by atoms with E-state index < -0.39 is 10.0 Å². The Labute approximate surface area is 171 Å². The maximum absolute atomic E-state index is 12.1. The lowest BCUT2D eigenvalue weighted by molar-refractivity contribution is -0.121. The predicted octanol–water partition coefficient (Wildman–Crippen LogP) is 2.20. The summed E-state index contributed by atoms with van der Waals surface area (Å²) in [7, 11) is -2.09. The second-order valence-corrected chi connectivity index (χ2v) is 8.37. The smallest absolute Gasteiger partial charge is 0.240 e. The highest BCUT2D eigenvalue weighted by molar-refractivity contribution is 7.89. The van der Waals surface area contributed by atoms with Gasteiger partial charge in [-0.15, -0.1) is 0 Å². The molecular weight excluding hydrogens is 392 g/mol. The monoisotopic (exact) mass is 418 g/mol. The first-order chi connectivity index (χ1) is 13.8. The normalized spacial score (nSPS) is 11.2. The highest BCUT2D eigenvalue weighted by atomic mass is 32.2. The van der Waals surface area contributed by atoms with Gasteiger partial charge in [-0.3, -0.25) is 9.59 Å². The van der Waals surface area contributed by atoms with E-state index in [1.165, 1.54) is 19.2 Å². The zero-order valence-corrected chi connectivity index (χ0v) is 17.4. The summed E-state index contributed by atoms with van der Waals surface area (Å²) >= 11 is 0. The SMILES string of the molecule is COCCNS(=O)(=O)c1ccc(CNC(=O)CCC(=O)c2ccc(C)cc2)cc1. The average Bonchev–Trinajstić information content (AvgIpc) is 2.71. The molecule has 2 aromatic rings. The van der Waals surface area contributed by atoms with E-state index in [9.17, 15) is 18.0 Å². The molecular formula is C21H26N2O5S. The summed E-state index contributed by atoms with van der Waals surface area (Å²) in [6.07, 6.45) is 0.238. The van der Waals surface area contributed by atoms with Crippen molar-refractivity contribution in [2.45, 2.75) is 31.2 Å². The molecule has 0 heterocycles. The summed E-state index contributed by atoms with van der Waals surface area (Å²) in [5.41, 5.74) is 2.43. The Morgan fingerprint density at radius 2 is 1.62 bits per heavy atom. The standard InChI is InChI=1S/C21H26N2O5S/c1-16-3-7-18(8-4-16)20(24)11-12-21(25)22-15-17-5-9-19(10-6-17)29(26,27)23-13-14-28-2/h3-10,23H,11-15H2,1-2H3,(H,22,25). The number of carbonyl (C=O) groups excluding carboxylic acids is 2. The molecule has 1 amide bonds. The molecule has 29 heavy (non-hydrogen) atoms. The van der Waals surface area contributed by atoms with Crippen molar-refractivity contribution < 1.29 is 22.7 Å². The van der Waals surface area contributed by atoms with Crippen LogP contribution in [0.4, 0.5) is 0 Å². The lowest BCUT2D eigenvalue weighted by Crippen LogP contribution is -2.27. The third kappa shape index (κ3) is 7.41. The Balaban J connectivity index is 1.79. The molecule has 2 N–H and O–H groups in total. The van der Waals surface area contributed by atoms with E-state index >= 15 is 0 Å². The summed E-state index contributed by atoms with van der Waals surface area (Å²) < 4.78 is 31.5. The van der Waals surface area contributed by atoms with Crippen LogP contribution in [0.1, 0.15) is 34.3 Å². The number of sulfonamides is 1. The van der Waals surface area contributed by atoms with Crippen molar-refractivity contribution in [3.63, 3.8) is 0 Å². The summed E-state index contributed by atoms with van der Waals surface area (Å²) in [5.74, 6) is -0.306. The number of ether oxygens (including phenoxy) is 1. The van der Waals surface area contributed by atoms with Gasteiger partial charge in [0.15, 0.2) is 5.78 Å². The van der Waals surface area contributed by atoms with Crippen molar-refractivity contribution in [1.29, 1.82) is 0 Å². The fourth-order valence-electron chi connectivity index (χ4n) is 2.55. The predicted molar refractivity (Wildman–Crippen MR) is 110 cm³/mol. The van der Waals surface area contributed by atoms with Crippen LogP contribution in [0.15, 0.2) is 53.4 Å². The average molecular weight is 419 g/mol. The molecule has 0 aromatic heterocycles. The molecule has 0 fully saturated rings. The number of benzene rings is 2. The van der Waals surface area contributed by atoms with E-state index in [4.69, 9.17) is 4.74 Å². The van der Waals surface area contributed by atoms with Crippen LogP contribution in [0, 0.1) is 6.92 Å². The Bertz CT molecular complexity index is 923. The molecule has 7 nitrogen and oxygen atoms in total. The highest BCUT2D eigenvalue weighted by Crippen LogP contribution is 2.11. The van der Waals surface area contributed by atoms with Crippen molar-refractivity contribution >= 4 is 21.7 Å². The lowest BCUT2D eigenvalue weighted by atomic mass is 10.0. The number of carbonyl (C=O) groups is 2. The summed E-state index contributed by atoms with van der Waals surface area (Å²) in [6.45, 7) is 2.68. The number of ketones is 1. The first kappa shape index (κ1) is 22.7. The number of aryl methyl sites for hydroxylation is 1. The van der Waals surface area contributed by atoms with Gasteiger partial charge in [-0.1, -0.05) is 42.0 Å². The lowest BCUT2D eigenvalue weighted by Gasteiger charge is -2.08. The minimum absolute atomic E-state index is 0.0734. The van der Waals surface area contributed by atoms with Crippen LogP contribution in [-0.2, 0) is 26.1 Å². The van der Waals surface area contributed by atoms with Crippen LogP contribution in [-0.4, -0.2) is 40.4 Å². The first-order valence-corrected chi connectivity index (χ1v) is 10.7. The third-order valence-electron chi connectivity index (χ3n) is 4.27. The van der Waals surface area contributed by atoms with Crippen molar-refractivity contribution in [2.24, 2.45) is 0 Å². The van der Waals surface area contributed by atoms with Gasteiger partial charge in [0.2, 0.25) is 15.9 Å². The van der Waals surface area contributed by atoms with E-state index in [-0.39, 0.29) is 49.1 Å². The van der Waals surface area contributed by atoms with Crippen molar-refractivity contribution in [3.8, 4) is 0 Å². The summed E-state index contributed by atoms with van der Waals surface area (Å²) in [4.78, 5) is 24.3. The molecule has 0 radical (unpaired) electrons. The molecule has 2 rings (SSSR count). The number of methoxy groups -OCH3 is 1. The number of hydrogen-bond acceptors (Lipinski definition) is 5. The minimum Gasteiger partial charge on any atom is -0.383 e. The van der Waals surface area contributed by atoms with Gasteiger partial charge in [-0.05, 0) is 24.6 Å². The van der Waals surface area contributed by atoms with E-state index in [1.807, 2.05) is 19.1 Å². The number of rotatable bonds is 11. The summed E-state index contributed by atoms with van der Waals surface area (Å²) in [5, 5.41) is 2.74. The molecule has 0 saturated heterocycles. The number of amides is 1. The van der Waals surface area contributed by atoms with Gasteiger partial charge < -0.3 is 10.1 Å². The number of nitrogens with one attached hydrogen (secondary N) is 2. The Hall–Kier alpha value is -2.55. The molecule has 0 aliphatic heterocycles. The van der Waals surface area contributed by atoms with Crippen molar-refractivity contribution in [1.82, 2.24) is 10.0 Å². The fourth-order valence-corrected chi connectivity index (χ4v) is 3.56. The van der Waals surface area contributed by atoms with Crippen LogP contribution in [0.2, 0.25) is 0 Å². The van der Waals surface area contributed by atoms with E-state index in [0.29, 0.717) is 5.56 Å². The number of hydrogen-bond donors (Lipinski definition) is 2. The second kappa shape index (κ2) is 10.8. The Morgan fingerprint density at radius 1 is 0.966 bits per heavy atom. The molecule has 0 unspecified atom stereocenters. The maximum atomic E-state index is 12.1. The topological polar surface area (TPSA) is 102 Å². The van der Waals surface area contributed by atoms with Crippen LogP contribution < -0.4 is 10.0 Å². The number of Topliss-reactive ketones (excluding diaryl/α,β-unsaturated/α-hetero) is 1. The van der Waals surface area contributed by atoms with Crippen LogP contribution >= 0.6 is 0 Å². The zero-order chi connectivity index (χ0) is 21.3. The Morgan fingerprint density at radius 3 is 2.24 bits per heavy atom. The Kier molecular flexibility index (Phi) is 8.50. The minimum atomic E-state index is -3.58. The van der Waals surface area contributed by atoms with E-state index in [0.717, 1.165) is 11.1 Å². The third-order valence-corrected chi connectivity index (χ3v) is 5.75. The fraction of sp³-hybridized carbons (Fsp3) is 0.333. The molecule has 0 atom stereocenters. The highest BCUT2D eigenvalue weighted by Gasteiger charge is 2.13. The molecule has 0 bridgehead atoms. The van der Waals surface area contributed by atoms with Crippen LogP contribution in [0.25, 0.3) is 0 Å². The molecule has 0 aliphatic carbocycles. The molecule has 0 saturated carbocycles. The van der Waals surface area contributed by atoms with Gasteiger partial charge >= 0.3 is 0 Å². The maximum Gasteiger partial charge on any atom is 0.240 e. The van der Waals surface area contributed by atoms with E-state index in [2.05, 4.69) is 10.0 Å². The zero-order valence-electron chi connectivity index (χ0n) is 16.6. The van der Waals surface area contributed by atoms with Crippen LogP contribution in [0.5, 0.6) is 0 Å². The second-order valence-electron chi connectivity index (χ2n) is 6.60. The molecule has 8 heteroatoms. The largest absolute Gasteiger partial charge is 0.383 e. The van der Waals surface area contributed by atoms with Gasteiger partial charge in [0.1, 0.15) is 0 Å². The van der Waals surface area contributed by atoms with Crippen molar-refractivity contribution in [3.05, 3.63) is 65.2 Å². The molecule has 2 aromatic carbocycles. The molecule has 0 aliphatic rings. The summed E-state index contributed by atoms with van der Waals surface area (Å²) in [6, 6.07) is 13.5. The van der Waals surface area contributed by atoms with Gasteiger partial charge in [0.25, 0.3) is 0 Å². The van der Waals surface area contributed by atoms with Gasteiger partial charge in [0, 0.05) is 38.6 Å². The van der Waals surface area contributed by atoms with Gasteiger partial charge in [-0.2, -0.15) is 0 Å². The van der Waals surface area contributed by atoms with Crippen molar-refractivity contribution in [2.75, 3.05) is 20.3 Å². The van der Waals surface area contributed by atoms with Gasteiger partial charge in [-0.25, -0.2) is 13.1 Å².